The van der Waals surface area contributed by atoms with Gasteiger partial charge >= 0.3 is 0 Å². The summed E-state index contributed by atoms with van der Waals surface area (Å²) in [7, 11) is -1.03. The Morgan fingerprint density at radius 2 is 1.77 bits per heavy atom. The van der Waals surface area contributed by atoms with E-state index in [1.54, 1.807) is 0 Å². The second kappa shape index (κ2) is 9.65. The van der Waals surface area contributed by atoms with Gasteiger partial charge in [0.05, 0.1) is 34.8 Å². The first-order valence-corrected chi connectivity index (χ1v) is 11.7. The lowest BCUT2D eigenvalue weighted by atomic mass is 10.2. The van der Waals surface area contributed by atoms with Gasteiger partial charge in [-0.05, 0) is 31.2 Å². The fourth-order valence-corrected chi connectivity index (χ4v) is 5.02. The van der Waals surface area contributed by atoms with Gasteiger partial charge in [0.2, 0.25) is 15.9 Å². The lowest BCUT2D eigenvalue weighted by Gasteiger charge is -2.23. The number of sulfonamides is 1. The van der Waals surface area contributed by atoms with Gasteiger partial charge in [-0.2, -0.15) is 4.31 Å². The fourth-order valence-electron chi connectivity index (χ4n) is 2.89. The summed E-state index contributed by atoms with van der Waals surface area (Å²) in [6.07, 6.45) is 0. The van der Waals surface area contributed by atoms with Crippen molar-refractivity contribution in [3.8, 4) is 0 Å². The van der Waals surface area contributed by atoms with E-state index in [9.17, 15) is 18.0 Å². The summed E-state index contributed by atoms with van der Waals surface area (Å²) in [4.78, 5) is 30.4. The molecule has 0 unspecified atom stereocenters. The van der Waals surface area contributed by atoms with Crippen molar-refractivity contribution in [2.75, 3.05) is 38.8 Å². The van der Waals surface area contributed by atoms with E-state index in [0.29, 0.717) is 10.7 Å². The van der Waals surface area contributed by atoms with Gasteiger partial charge in [-0.1, -0.05) is 35.6 Å². The molecule has 0 fully saturated rings. The molecular weight excluding hydrogens is 438 g/mol. The molecule has 1 heterocycles. The summed E-state index contributed by atoms with van der Waals surface area (Å²) in [6, 6.07) is 13.2. The van der Waals surface area contributed by atoms with E-state index in [2.05, 4.69) is 4.98 Å². The third-order valence-corrected chi connectivity index (χ3v) is 7.54. The summed E-state index contributed by atoms with van der Waals surface area (Å²) < 4.78 is 32.8. The van der Waals surface area contributed by atoms with Gasteiger partial charge in [-0.15, -0.1) is 0 Å². The Labute approximate surface area is 185 Å². The lowest BCUT2D eigenvalue weighted by Crippen LogP contribution is -2.42. The Hall–Kier alpha value is -2.66. The van der Waals surface area contributed by atoms with Crippen LogP contribution in [0.1, 0.15) is 17.3 Å². The Bertz CT molecular complexity index is 1160. The zero-order valence-electron chi connectivity index (χ0n) is 17.4. The molecule has 0 aliphatic heterocycles. The van der Waals surface area contributed by atoms with Crippen LogP contribution in [0.2, 0.25) is 0 Å². The van der Waals surface area contributed by atoms with Crippen molar-refractivity contribution in [2.45, 2.75) is 11.8 Å². The standard InChI is InChI=1S/C21H23N3O5S2/c1-15(25)16-8-10-17(11-9-16)31(27,28)23(2)14-20(26)24(12-13-29-3)21-22-18-6-4-5-7-19(18)30-21/h4-11H,12-14H2,1-3H3. The van der Waals surface area contributed by atoms with Crippen LogP contribution in [0.15, 0.2) is 53.4 Å². The highest BCUT2D eigenvalue weighted by Crippen LogP contribution is 2.29. The van der Waals surface area contributed by atoms with Crippen LogP contribution in [0, 0.1) is 0 Å². The molecule has 1 aromatic heterocycles. The first kappa shape index (κ1) is 23.0. The highest BCUT2D eigenvalue weighted by molar-refractivity contribution is 7.89. The van der Waals surface area contributed by atoms with Crippen molar-refractivity contribution in [2.24, 2.45) is 0 Å². The molecule has 0 aliphatic rings. The molecule has 0 bridgehead atoms. The predicted molar refractivity (Wildman–Crippen MR) is 120 cm³/mol. The average Bonchev–Trinajstić information content (AvgIpc) is 3.17. The van der Waals surface area contributed by atoms with E-state index < -0.39 is 15.9 Å². The Morgan fingerprint density at radius 1 is 1.10 bits per heavy atom. The smallest absolute Gasteiger partial charge is 0.244 e. The Morgan fingerprint density at radius 3 is 2.39 bits per heavy atom. The van der Waals surface area contributed by atoms with Crippen LogP contribution in [0.3, 0.4) is 0 Å². The van der Waals surface area contributed by atoms with Crippen LogP contribution in [0.4, 0.5) is 5.13 Å². The zero-order valence-corrected chi connectivity index (χ0v) is 19.1. The van der Waals surface area contributed by atoms with Gasteiger partial charge in [0.1, 0.15) is 0 Å². The molecule has 1 amide bonds. The normalized spacial score (nSPS) is 11.7. The first-order valence-electron chi connectivity index (χ1n) is 9.46. The minimum absolute atomic E-state index is 0.0104. The van der Waals surface area contributed by atoms with E-state index in [1.165, 1.54) is 61.6 Å². The number of thiazole rings is 1. The van der Waals surface area contributed by atoms with Crippen molar-refractivity contribution in [1.29, 1.82) is 0 Å². The molecule has 31 heavy (non-hydrogen) atoms. The van der Waals surface area contributed by atoms with E-state index in [1.807, 2.05) is 24.3 Å². The maximum atomic E-state index is 13.0. The van der Waals surface area contributed by atoms with Crippen molar-refractivity contribution >= 4 is 48.4 Å². The van der Waals surface area contributed by atoms with Crippen LogP contribution in [-0.4, -0.2) is 63.3 Å². The number of para-hydroxylation sites is 1. The highest BCUT2D eigenvalue weighted by atomic mass is 32.2. The maximum absolute atomic E-state index is 13.0. The Balaban J connectivity index is 1.82. The van der Waals surface area contributed by atoms with Gasteiger partial charge in [-0.3, -0.25) is 14.5 Å². The average molecular weight is 462 g/mol. The fraction of sp³-hybridized carbons (Fsp3) is 0.286. The van der Waals surface area contributed by atoms with E-state index in [4.69, 9.17) is 4.74 Å². The molecule has 2 aromatic carbocycles. The summed E-state index contributed by atoms with van der Waals surface area (Å²) in [5.74, 6) is -0.570. The van der Waals surface area contributed by atoms with Crippen LogP contribution in [0.5, 0.6) is 0 Å². The number of rotatable bonds is 9. The number of hydrogen-bond donors (Lipinski definition) is 0. The van der Waals surface area contributed by atoms with Gasteiger partial charge < -0.3 is 4.74 Å². The molecular formula is C21H23N3O5S2. The summed E-state index contributed by atoms with van der Waals surface area (Å²) in [6.45, 7) is 1.57. The molecule has 3 rings (SSSR count). The number of carbonyl (C=O) groups is 2. The van der Waals surface area contributed by atoms with Crippen molar-refractivity contribution in [1.82, 2.24) is 9.29 Å². The zero-order chi connectivity index (χ0) is 22.6. The number of anilines is 1. The third-order valence-electron chi connectivity index (χ3n) is 4.66. The highest BCUT2D eigenvalue weighted by Gasteiger charge is 2.27. The minimum Gasteiger partial charge on any atom is -0.383 e. The number of fused-ring (bicyclic) bond motifs is 1. The molecule has 10 heteroatoms. The topological polar surface area (TPSA) is 96.9 Å². The molecule has 164 valence electrons. The van der Waals surface area contributed by atoms with Crippen LogP contribution in [0.25, 0.3) is 10.2 Å². The third kappa shape index (κ3) is 5.16. The number of aromatic nitrogens is 1. The maximum Gasteiger partial charge on any atom is 0.244 e. The van der Waals surface area contributed by atoms with Gasteiger partial charge in [0, 0.05) is 19.7 Å². The number of methoxy groups -OCH3 is 1. The number of benzene rings is 2. The Kier molecular flexibility index (Phi) is 7.16. The van der Waals surface area contributed by atoms with Gasteiger partial charge in [-0.25, -0.2) is 13.4 Å². The van der Waals surface area contributed by atoms with Crippen molar-refractivity contribution in [3.63, 3.8) is 0 Å². The number of likely N-dealkylation sites (N-methyl/N-ethyl adjacent to an activating group) is 1. The van der Waals surface area contributed by atoms with Gasteiger partial charge in [0.15, 0.2) is 10.9 Å². The monoisotopic (exact) mass is 461 g/mol. The number of amides is 1. The lowest BCUT2D eigenvalue weighted by molar-refractivity contribution is -0.118. The van der Waals surface area contributed by atoms with E-state index in [-0.39, 0.29) is 30.4 Å². The molecule has 8 nitrogen and oxygen atoms in total. The van der Waals surface area contributed by atoms with Crippen LogP contribution >= 0.6 is 11.3 Å². The second-order valence-corrected chi connectivity index (χ2v) is 9.90. The molecule has 0 radical (unpaired) electrons. The molecule has 0 atom stereocenters. The SMILES string of the molecule is COCCN(C(=O)CN(C)S(=O)(=O)c1ccc(C(C)=O)cc1)c1nc2ccccc2s1. The second-order valence-electron chi connectivity index (χ2n) is 6.84. The predicted octanol–water partition coefficient (Wildman–Crippen LogP) is 2.80. The molecule has 0 aliphatic carbocycles. The number of hydrogen-bond acceptors (Lipinski definition) is 7. The molecule has 3 aromatic rings. The van der Waals surface area contributed by atoms with E-state index in [0.717, 1.165) is 14.5 Å². The number of nitrogens with zero attached hydrogens (tertiary/aromatic N) is 3. The molecule has 0 saturated carbocycles. The molecule has 0 saturated heterocycles. The first-order chi connectivity index (χ1) is 14.7. The molecule has 0 N–H and O–H groups in total. The molecule has 0 spiro atoms. The summed E-state index contributed by atoms with van der Waals surface area (Å²) >= 11 is 1.36. The van der Waals surface area contributed by atoms with Crippen molar-refractivity contribution < 1.29 is 22.7 Å². The number of carbonyl (C=O) groups excluding carboxylic acids is 2. The number of ether oxygens (including phenoxy) is 1. The largest absolute Gasteiger partial charge is 0.383 e. The van der Waals surface area contributed by atoms with Crippen LogP contribution < -0.4 is 4.90 Å². The van der Waals surface area contributed by atoms with Crippen LogP contribution in [-0.2, 0) is 19.6 Å². The summed E-state index contributed by atoms with van der Waals surface area (Å²) in [5.41, 5.74) is 1.18. The summed E-state index contributed by atoms with van der Waals surface area (Å²) in [5, 5.41) is 0.486. The number of ketones is 1. The number of Topliss-reactive ketones (excluding diaryl/α,β-unsaturated/α-hetero) is 1. The van der Waals surface area contributed by atoms with Crippen molar-refractivity contribution in [3.05, 3.63) is 54.1 Å². The van der Waals surface area contributed by atoms with Gasteiger partial charge in [0.25, 0.3) is 0 Å². The minimum atomic E-state index is -3.91. The van der Waals surface area contributed by atoms with E-state index >= 15 is 0 Å². The quantitative estimate of drug-likeness (QED) is 0.455.